The average Bonchev–Trinajstić information content (AvgIpc) is 2.73. The second-order valence-corrected chi connectivity index (χ2v) is 6.22. The minimum absolute atomic E-state index is 0.0497. The van der Waals surface area contributed by atoms with Gasteiger partial charge in [-0.3, -0.25) is 14.8 Å². The molecule has 0 aliphatic heterocycles. The topological polar surface area (TPSA) is 94.7 Å². The van der Waals surface area contributed by atoms with Crippen LogP contribution in [-0.2, 0) is 6.42 Å². The van der Waals surface area contributed by atoms with Gasteiger partial charge in [-0.05, 0) is 36.8 Å². The van der Waals surface area contributed by atoms with Crippen molar-refractivity contribution in [3.63, 3.8) is 0 Å². The van der Waals surface area contributed by atoms with Gasteiger partial charge in [0, 0.05) is 23.7 Å². The van der Waals surface area contributed by atoms with Crippen molar-refractivity contribution in [2.75, 3.05) is 5.73 Å². The van der Waals surface area contributed by atoms with Crippen molar-refractivity contribution < 1.29 is 9.18 Å². The fourth-order valence-electron chi connectivity index (χ4n) is 2.98. The van der Waals surface area contributed by atoms with Gasteiger partial charge in [0.15, 0.2) is 5.78 Å². The highest BCUT2D eigenvalue weighted by atomic mass is 19.1. The molecule has 4 rings (SSSR count). The van der Waals surface area contributed by atoms with Crippen molar-refractivity contribution in [2.24, 2.45) is 0 Å². The van der Waals surface area contributed by atoms with Gasteiger partial charge >= 0.3 is 0 Å². The second-order valence-electron chi connectivity index (χ2n) is 6.22. The van der Waals surface area contributed by atoms with Crippen LogP contribution in [0.5, 0.6) is 0 Å². The summed E-state index contributed by atoms with van der Waals surface area (Å²) in [4.78, 5) is 29.5. The van der Waals surface area contributed by atoms with Crippen LogP contribution in [0.2, 0.25) is 0 Å². The van der Waals surface area contributed by atoms with Gasteiger partial charge < -0.3 is 5.73 Å². The van der Waals surface area contributed by atoms with E-state index in [1.807, 2.05) is 36.4 Å². The van der Waals surface area contributed by atoms with E-state index in [0.29, 0.717) is 11.8 Å². The lowest BCUT2D eigenvalue weighted by Crippen LogP contribution is -2.09. The number of aromatic nitrogens is 4. The van der Waals surface area contributed by atoms with Gasteiger partial charge in [0.2, 0.25) is 5.95 Å². The predicted octanol–water partition coefficient (Wildman–Crippen LogP) is 3.62. The summed E-state index contributed by atoms with van der Waals surface area (Å²) in [6.07, 6.45) is 2.29. The van der Waals surface area contributed by atoms with Crippen LogP contribution in [0.4, 0.5) is 10.3 Å². The van der Waals surface area contributed by atoms with Gasteiger partial charge in [-0.1, -0.05) is 24.3 Å². The third-order valence-electron chi connectivity index (χ3n) is 4.30. The minimum atomic E-state index is -0.537. The number of nitrogens with zero attached hydrogens (tertiary/aromatic N) is 4. The Morgan fingerprint density at radius 3 is 2.57 bits per heavy atom. The summed E-state index contributed by atoms with van der Waals surface area (Å²) < 4.78 is 14.0. The number of anilines is 1. The van der Waals surface area contributed by atoms with Crippen LogP contribution in [0.25, 0.3) is 22.3 Å². The molecule has 0 aliphatic carbocycles. The van der Waals surface area contributed by atoms with Crippen LogP contribution >= 0.6 is 0 Å². The second kappa shape index (κ2) is 7.48. The molecule has 28 heavy (non-hydrogen) atoms. The maximum Gasteiger partial charge on any atom is 0.221 e. The van der Waals surface area contributed by atoms with E-state index < -0.39 is 5.82 Å². The van der Waals surface area contributed by atoms with Gasteiger partial charge in [0.1, 0.15) is 17.0 Å². The SMILES string of the molecule is Nc1nc(C(=O)CCc2cccc(-c3ccccn3)n2)c2cccc(F)c2n1. The van der Waals surface area contributed by atoms with Gasteiger partial charge in [-0.2, -0.15) is 0 Å². The number of nitrogen functional groups attached to an aromatic ring is 1. The summed E-state index contributed by atoms with van der Waals surface area (Å²) in [5.74, 6) is -0.906. The highest BCUT2D eigenvalue weighted by Gasteiger charge is 2.16. The lowest BCUT2D eigenvalue weighted by molar-refractivity contribution is 0.0979. The molecule has 3 aromatic heterocycles. The van der Waals surface area contributed by atoms with Crippen molar-refractivity contribution in [1.29, 1.82) is 0 Å². The number of rotatable bonds is 5. The smallest absolute Gasteiger partial charge is 0.221 e. The minimum Gasteiger partial charge on any atom is -0.368 e. The highest BCUT2D eigenvalue weighted by Crippen LogP contribution is 2.21. The Kier molecular flexibility index (Phi) is 4.72. The number of pyridine rings is 2. The van der Waals surface area contributed by atoms with Crippen molar-refractivity contribution in [3.05, 3.63) is 78.0 Å². The molecule has 2 N–H and O–H groups in total. The number of carbonyl (C=O) groups excluding carboxylic acids is 1. The molecule has 0 aliphatic rings. The molecule has 0 radical (unpaired) electrons. The molecule has 0 saturated carbocycles. The van der Waals surface area contributed by atoms with Crippen molar-refractivity contribution in [3.8, 4) is 11.4 Å². The number of hydrogen-bond donors (Lipinski definition) is 1. The molecular formula is C21H16FN5O. The summed E-state index contributed by atoms with van der Waals surface area (Å²) >= 11 is 0. The molecule has 0 unspecified atom stereocenters. The van der Waals surface area contributed by atoms with Crippen molar-refractivity contribution in [2.45, 2.75) is 12.8 Å². The summed E-state index contributed by atoms with van der Waals surface area (Å²) in [7, 11) is 0. The predicted molar refractivity (Wildman–Crippen MR) is 104 cm³/mol. The number of hydrogen-bond acceptors (Lipinski definition) is 6. The summed E-state index contributed by atoms with van der Waals surface area (Å²) in [5.41, 5.74) is 8.10. The number of halogens is 1. The number of nitrogens with two attached hydrogens (primary N) is 1. The molecule has 3 heterocycles. The fourth-order valence-corrected chi connectivity index (χ4v) is 2.98. The third kappa shape index (κ3) is 3.55. The molecule has 0 atom stereocenters. The monoisotopic (exact) mass is 373 g/mol. The first-order valence-electron chi connectivity index (χ1n) is 8.74. The molecular weight excluding hydrogens is 357 g/mol. The number of benzene rings is 1. The number of aryl methyl sites for hydroxylation is 1. The number of para-hydroxylation sites is 1. The van der Waals surface area contributed by atoms with E-state index >= 15 is 0 Å². The summed E-state index contributed by atoms with van der Waals surface area (Å²) in [6.45, 7) is 0. The standard InChI is InChI=1S/C21H16FN5O/c22-15-7-4-6-14-19(15)26-21(23)27-20(14)18(28)11-10-13-5-3-9-17(25-13)16-8-1-2-12-24-16/h1-9,12H,10-11H2,(H2,23,26,27). The Balaban J connectivity index is 1.58. The van der Waals surface area contributed by atoms with E-state index in [1.54, 1.807) is 12.3 Å². The van der Waals surface area contributed by atoms with Gasteiger partial charge in [-0.15, -0.1) is 0 Å². The summed E-state index contributed by atoms with van der Waals surface area (Å²) in [6, 6.07) is 15.6. The molecule has 6 nitrogen and oxygen atoms in total. The van der Waals surface area contributed by atoms with E-state index in [0.717, 1.165) is 17.1 Å². The molecule has 1 aromatic carbocycles. The van der Waals surface area contributed by atoms with Crippen LogP contribution < -0.4 is 5.73 Å². The van der Waals surface area contributed by atoms with Gasteiger partial charge in [0.25, 0.3) is 0 Å². The largest absolute Gasteiger partial charge is 0.368 e. The first-order valence-corrected chi connectivity index (χ1v) is 8.74. The Morgan fingerprint density at radius 2 is 1.75 bits per heavy atom. The zero-order valence-corrected chi connectivity index (χ0v) is 14.8. The van der Waals surface area contributed by atoms with Crippen molar-refractivity contribution >= 4 is 22.6 Å². The van der Waals surface area contributed by atoms with E-state index in [4.69, 9.17) is 5.73 Å². The van der Waals surface area contributed by atoms with Crippen molar-refractivity contribution in [1.82, 2.24) is 19.9 Å². The van der Waals surface area contributed by atoms with Gasteiger partial charge in [-0.25, -0.2) is 14.4 Å². The maximum atomic E-state index is 14.0. The number of carbonyl (C=O) groups is 1. The number of ketones is 1. The van der Waals surface area contributed by atoms with Crippen LogP contribution in [0.15, 0.2) is 60.8 Å². The van der Waals surface area contributed by atoms with Gasteiger partial charge in [0.05, 0.1) is 11.4 Å². The quantitative estimate of drug-likeness (QED) is 0.537. The molecule has 0 spiro atoms. The molecule has 4 aromatic rings. The van der Waals surface area contributed by atoms with E-state index in [9.17, 15) is 9.18 Å². The van der Waals surface area contributed by atoms with Crippen LogP contribution in [0.3, 0.4) is 0 Å². The Labute approximate surface area is 160 Å². The number of fused-ring (bicyclic) bond motifs is 1. The first kappa shape index (κ1) is 17.7. The molecule has 0 bridgehead atoms. The van der Waals surface area contributed by atoms with Crippen LogP contribution in [0.1, 0.15) is 22.6 Å². The first-order chi connectivity index (χ1) is 13.6. The van der Waals surface area contributed by atoms with Crippen LogP contribution in [-0.4, -0.2) is 25.7 Å². The van der Waals surface area contributed by atoms with E-state index in [1.165, 1.54) is 12.1 Å². The zero-order chi connectivity index (χ0) is 19.5. The Morgan fingerprint density at radius 1 is 0.929 bits per heavy atom. The lowest BCUT2D eigenvalue weighted by Gasteiger charge is -2.07. The molecule has 7 heteroatoms. The third-order valence-corrected chi connectivity index (χ3v) is 4.30. The molecule has 0 amide bonds. The highest BCUT2D eigenvalue weighted by molar-refractivity contribution is 6.06. The maximum absolute atomic E-state index is 14.0. The Hall–Kier alpha value is -3.74. The molecule has 138 valence electrons. The van der Waals surface area contributed by atoms with E-state index in [2.05, 4.69) is 19.9 Å². The average molecular weight is 373 g/mol. The number of Topliss-reactive ketones (excluding diaryl/α,β-unsaturated/α-hetero) is 1. The lowest BCUT2D eigenvalue weighted by atomic mass is 10.1. The zero-order valence-electron chi connectivity index (χ0n) is 14.8. The molecule has 0 saturated heterocycles. The van der Waals surface area contributed by atoms with E-state index in [-0.39, 0.29) is 29.4 Å². The summed E-state index contributed by atoms with van der Waals surface area (Å²) in [5, 5.41) is 0.356. The fraction of sp³-hybridized carbons (Fsp3) is 0.0952. The molecule has 0 fully saturated rings. The normalized spacial score (nSPS) is 10.9. The Bertz CT molecular complexity index is 1160. The van der Waals surface area contributed by atoms with Crippen LogP contribution in [0, 0.1) is 5.82 Å².